The Morgan fingerprint density at radius 3 is 2.10 bits per heavy atom. The number of nitrogens with zero attached hydrogens (tertiary/aromatic N) is 1. The van der Waals surface area contributed by atoms with E-state index in [0.29, 0.717) is 23.3 Å². The van der Waals surface area contributed by atoms with E-state index >= 15 is 0 Å². The molecule has 0 bridgehead atoms. The topological polar surface area (TPSA) is 76.8 Å². The Kier molecular flexibility index (Phi) is 5.62. The van der Waals surface area contributed by atoms with Crippen LogP contribution in [-0.2, 0) is 12.1 Å². The van der Waals surface area contributed by atoms with E-state index < -0.39 is 23.5 Å². The van der Waals surface area contributed by atoms with Crippen molar-refractivity contribution < 1.29 is 36.9 Å². The van der Waals surface area contributed by atoms with E-state index in [1.807, 2.05) is 12.1 Å². The van der Waals surface area contributed by atoms with Gasteiger partial charge in [0.1, 0.15) is 0 Å². The molecule has 164 valence electrons. The quantitative estimate of drug-likeness (QED) is 0.420. The number of alkyl halides is 6. The van der Waals surface area contributed by atoms with Gasteiger partial charge in [0.2, 0.25) is 0 Å². The molecule has 4 nitrogen and oxygen atoms in total. The first-order valence-corrected chi connectivity index (χ1v) is 8.93. The van der Waals surface area contributed by atoms with Gasteiger partial charge in [0, 0.05) is 35.4 Å². The summed E-state index contributed by atoms with van der Waals surface area (Å²) in [4.78, 5) is 0. The van der Waals surface area contributed by atoms with E-state index in [-0.39, 0.29) is 6.54 Å². The Morgan fingerprint density at radius 1 is 0.968 bits per heavy atom. The van der Waals surface area contributed by atoms with E-state index in [2.05, 4.69) is 0 Å². The maximum atomic E-state index is 13.0. The van der Waals surface area contributed by atoms with Crippen LogP contribution in [0.25, 0.3) is 16.5 Å². The van der Waals surface area contributed by atoms with Crippen LogP contribution in [0.4, 0.5) is 26.3 Å². The van der Waals surface area contributed by atoms with Crippen molar-refractivity contribution in [1.82, 2.24) is 4.57 Å². The molecule has 0 amide bonds. The van der Waals surface area contributed by atoms with Gasteiger partial charge in [-0.2, -0.15) is 26.3 Å². The summed E-state index contributed by atoms with van der Waals surface area (Å²) in [6.45, 7) is 0.197. The number of allylic oxidation sites excluding steroid dienone is 1. The highest BCUT2D eigenvalue weighted by molar-refractivity contribution is 6.07. The molecule has 2 aromatic carbocycles. The molecule has 0 aliphatic rings. The van der Waals surface area contributed by atoms with Gasteiger partial charge in [0.05, 0.1) is 5.57 Å². The lowest BCUT2D eigenvalue weighted by Crippen LogP contribution is -2.53. The van der Waals surface area contributed by atoms with Gasteiger partial charge in [-0.3, -0.25) is 5.41 Å². The summed E-state index contributed by atoms with van der Waals surface area (Å²) in [6.07, 6.45) is -7.37. The Hall–Kier alpha value is -3.27. The van der Waals surface area contributed by atoms with Crippen molar-refractivity contribution in [3.05, 3.63) is 77.6 Å². The number of hydrogen-bond donors (Lipinski definition) is 3. The molecule has 0 saturated heterocycles. The van der Waals surface area contributed by atoms with E-state index in [0.717, 1.165) is 28.6 Å². The highest BCUT2D eigenvalue weighted by Gasteiger charge is 2.71. The van der Waals surface area contributed by atoms with Crippen molar-refractivity contribution in [2.75, 3.05) is 0 Å². The number of aromatic nitrogens is 1. The molecule has 0 aliphatic carbocycles. The minimum Gasteiger partial charge on any atom is -0.404 e. The maximum Gasteiger partial charge on any atom is 0.430 e. The van der Waals surface area contributed by atoms with Crippen molar-refractivity contribution in [2.45, 2.75) is 24.5 Å². The second-order valence-corrected chi connectivity index (χ2v) is 6.91. The van der Waals surface area contributed by atoms with E-state index in [9.17, 15) is 31.4 Å². The molecule has 3 rings (SSSR count). The van der Waals surface area contributed by atoms with Crippen LogP contribution in [0.15, 0.2) is 60.9 Å². The predicted molar refractivity (Wildman–Crippen MR) is 104 cm³/mol. The summed E-state index contributed by atoms with van der Waals surface area (Å²) in [7, 11) is 0. The van der Waals surface area contributed by atoms with Gasteiger partial charge < -0.3 is 15.4 Å². The zero-order valence-electron chi connectivity index (χ0n) is 15.9. The van der Waals surface area contributed by atoms with Gasteiger partial charge >= 0.3 is 12.4 Å². The highest BCUT2D eigenvalue weighted by atomic mass is 19.4. The SMILES string of the molecule is N/C=C(\C=[NH2+])c1ccc2c(ccn2Cc2ccc(C(O)(C(F)(F)F)C(F)(F)F)cc2)c1. The number of fused-ring (bicyclic) bond motifs is 1. The Labute approximate surface area is 172 Å². The minimum absolute atomic E-state index is 0.197. The lowest BCUT2D eigenvalue weighted by Gasteiger charge is -2.32. The molecular weight excluding hydrogens is 424 g/mol. The second kappa shape index (κ2) is 7.77. The fourth-order valence-corrected chi connectivity index (χ4v) is 3.30. The van der Waals surface area contributed by atoms with Crippen LogP contribution in [-0.4, -0.2) is 28.2 Å². The molecule has 0 radical (unpaired) electrons. The zero-order valence-corrected chi connectivity index (χ0v) is 15.9. The van der Waals surface area contributed by atoms with E-state index in [4.69, 9.17) is 11.1 Å². The third-order valence-electron chi connectivity index (χ3n) is 5.01. The van der Waals surface area contributed by atoms with Crippen LogP contribution in [0, 0.1) is 0 Å². The fraction of sp³-hybridized carbons (Fsp3) is 0.190. The van der Waals surface area contributed by atoms with Gasteiger partial charge in [-0.15, -0.1) is 0 Å². The first-order chi connectivity index (χ1) is 14.4. The summed E-state index contributed by atoms with van der Waals surface area (Å²) >= 11 is 0. The van der Waals surface area contributed by atoms with Crippen LogP contribution in [0.2, 0.25) is 0 Å². The highest BCUT2D eigenvalue weighted by Crippen LogP contribution is 2.49. The average molecular weight is 442 g/mol. The molecule has 1 heterocycles. The number of hydrogen-bond acceptors (Lipinski definition) is 2. The molecular formula is C21H18F6N3O+. The molecule has 0 atom stereocenters. The third-order valence-corrected chi connectivity index (χ3v) is 5.01. The Balaban J connectivity index is 1.91. The summed E-state index contributed by atoms with van der Waals surface area (Å²) < 4.78 is 79.8. The zero-order chi connectivity index (χ0) is 23.0. The summed E-state index contributed by atoms with van der Waals surface area (Å²) in [5.74, 6) is 0. The van der Waals surface area contributed by atoms with Crippen LogP contribution in [0.1, 0.15) is 16.7 Å². The van der Waals surface area contributed by atoms with Crippen molar-refractivity contribution >= 4 is 22.7 Å². The Bertz CT molecular complexity index is 1110. The molecule has 10 heteroatoms. The molecule has 0 saturated carbocycles. The van der Waals surface area contributed by atoms with Crippen molar-refractivity contribution in [1.29, 1.82) is 0 Å². The molecule has 31 heavy (non-hydrogen) atoms. The average Bonchev–Trinajstić information content (AvgIpc) is 3.09. The number of nitrogens with two attached hydrogens (primary N) is 2. The normalized spacial score (nSPS) is 13.6. The van der Waals surface area contributed by atoms with Crippen LogP contribution in [0.5, 0.6) is 0 Å². The molecule has 0 fully saturated rings. The number of benzene rings is 2. The second-order valence-electron chi connectivity index (χ2n) is 6.91. The smallest absolute Gasteiger partial charge is 0.404 e. The fourth-order valence-electron chi connectivity index (χ4n) is 3.30. The number of rotatable bonds is 5. The lowest BCUT2D eigenvalue weighted by molar-refractivity contribution is -0.376. The van der Waals surface area contributed by atoms with Crippen molar-refractivity contribution in [3.8, 4) is 0 Å². The minimum atomic E-state index is -5.92. The van der Waals surface area contributed by atoms with Gasteiger partial charge in [0.15, 0.2) is 6.21 Å². The molecule has 0 unspecified atom stereocenters. The van der Waals surface area contributed by atoms with Crippen LogP contribution < -0.4 is 11.1 Å². The first-order valence-electron chi connectivity index (χ1n) is 8.93. The molecule has 0 spiro atoms. The molecule has 3 aromatic rings. The molecule has 5 N–H and O–H groups in total. The molecule has 0 aliphatic heterocycles. The summed E-state index contributed by atoms with van der Waals surface area (Å²) in [6, 6.07) is 10.8. The van der Waals surface area contributed by atoms with Gasteiger partial charge in [-0.1, -0.05) is 30.3 Å². The first kappa shape index (κ1) is 22.4. The van der Waals surface area contributed by atoms with Crippen molar-refractivity contribution in [2.24, 2.45) is 5.73 Å². The number of aliphatic hydroxyl groups is 1. The standard InChI is InChI=1S/C21H17F6N3O/c22-20(23,24)19(31,21(25,26)27)17-4-1-13(2-5-17)12-30-8-7-15-9-14(3-6-18(15)30)16(10-28)11-29/h1-11,28,31H,12,29H2/p+1/b16-11+,28-10?. The number of halogens is 6. The van der Waals surface area contributed by atoms with Crippen LogP contribution in [0.3, 0.4) is 0 Å². The summed E-state index contributed by atoms with van der Waals surface area (Å²) in [5.41, 5.74) is 1.96. The Morgan fingerprint density at radius 2 is 1.58 bits per heavy atom. The van der Waals surface area contributed by atoms with Gasteiger partial charge in [-0.25, -0.2) is 0 Å². The predicted octanol–water partition coefficient (Wildman–Crippen LogP) is 3.13. The van der Waals surface area contributed by atoms with E-state index in [1.54, 1.807) is 22.9 Å². The maximum absolute atomic E-state index is 13.0. The summed E-state index contributed by atoms with van der Waals surface area (Å²) in [5, 5.41) is 15.8. The largest absolute Gasteiger partial charge is 0.430 e. The monoisotopic (exact) mass is 442 g/mol. The van der Waals surface area contributed by atoms with Crippen molar-refractivity contribution in [3.63, 3.8) is 0 Å². The molecule has 1 aromatic heterocycles. The van der Waals surface area contributed by atoms with E-state index in [1.165, 1.54) is 12.4 Å². The van der Waals surface area contributed by atoms with Gasteiger partial charge in [-0.05, 0) is 29.3 Å². The van der Waals surface area contributed by atoms with Crippen LogP contribution >= 0.6 is 0 Å². The lowest BCUT2D eigenvalue weighted by atomic mass is 9.91. The third kappa shape index (κ3) is 3.90. The van der Waals surface area contributed by atoms with Gasteiger partial charge in [0.25, 0.3) is 5.60 Å².